The Bertz CT molecular complexity index is 1090. The van der Waals surface area contributed by atoms with Crippen molar-refractivity contribution >= 4 is 35.3 Å². The molecular weight excluding hydrogens is 397 g/mol. The van der Waals surface area contributed by atoms with Crippen molar-refractivity contribution in [2.75, 3.05) is 22.9 Å². The highest BCUT2D eigenvalue weighted by Crippen LogP contribution is 2.29. The van der Waals surface area contributed by atoms with Crippen molar-refractivity contribution < 1.29 is 18.8 Å². The number of nitrogens with zero attached hydrogens (tertiary/aromatic N) is 2. The highest BCUT2D eigenvalue weighted by molar-refractivity contribution is 6.39. The highest BCUT2D eigenvalue weighted by Gasteiger charge is 2.37. The molecule has 2 saturated heterocycles. The number of hydrogen-bond donors (Lipinski definition) is 1. The SMILES string of the molecule is CCc1ccc(N2C(=O)NC(=O)C(=Cc3cc(F)c(N4CCCC4)cc3C)C2=O)cc1. The normalized spacial score (nSPS) is 18.2. The Morgan fingerprint density at radius 2 is 1.74 bits per heavy atom. The van der Waals surface area contributed by atoms with E-state index in [0.29, 0.717) is 16.9 Å². The molecule has 0 atom stereocenters. The fourth-order valence-electron chi connectivity index (χ4n) is 3.97. The van der Waals surface area contributed by atoms with Gasteiger partial charge >= 0.3 is 6.03 Å². The van der Waals surface area contributed by atoms with E-state index >= 15 is 0 Å². The lowest BCUT2D eigenvalue weighted by Gasteiger charge is -2.26. The quantitative estimate of drug-likeness (QED) is 0.599. The van der Waals surface area contributed by atoms with Gasteiger partial charge in [-0.1, -0.05) is 19.1 Å². The molecule has 31 heavy (non-hydrogen) atoms. The Balaban J connectivity index is 1.69. The van der Waals surface area contributed by atoms with E-state index in [1.165, 1.54) is 12.1 Å². The molecular formula is C24H24FN3O3. The topological polar surface area (TPSA) is 69.7 Å². The molecule has 2 aromatic carbocycles. The summed E-state index contributed by atoms with van der Waals surface area (Å²) in [6, 6.07) is 9.26. The van der Waals surface area contributed by atoms with Crippen LogP contribution in [0.1, 0.15) is 36.5 Å². The van der Waals surface area contributed by atoms with Crippen LogP contribution in [-0.2, 0) is 16.0 Å². The zero-order valence-electron chi connectivity index (χ0n) is 17.6. The largest absolute Gasteiger partial charge is 0.369 e. The van der Waals surface area contributed by atoms with Crippen LogP contribution in [0.15, 0.2) is 42.0 Å². The lowest BCUT2D eigenvalue weighted by atomic mass is 10.0. The summed E-state index contributed by atoms with van der Waals surface area (Å²) in [5, 5.41) is 2.20. The molecule has 1 N–H and O–H groups in total. The summed E-state index contributed by atoms with van der Waals surface area (Å²) in [5.74, 6) is -1.92. The molecule has 2 aliphatic heterocycles. The number of carbonyl (C=O) groups is 3. The number of aryl methyl sites for hydroxylation is 2. The molecule has 2 aromatic rings. The van der Waals surface area contributed by atoms with Gasteiger partial charge in [-0.2, -0.15) is 0 Å². The van der Waals surface area contributed by atoms with Gasteiger partial charge in [-0.3, -0.25) is 14.9 Å². The summed E-state index contributed by atoms with van der Waals surface area (Å²) < 4.78 is 14.8. The number of urea groups is 1. The summed E-state index contributed by atoms with van der Waals surface area (Å²) in [7, 11) is 0. The fourth-order valence-corrected chi connectivity index (χ4v) is 3.97. The molecule has 160 valence electrons. The lowest BCUT2D eigenvalue weighted by Crippen LogP contribution is -2.54. The van der Waals surface area contributed by atoms with Crippen LogP contribution in [-0.4, -0.2) is 30.9 Å². The van der Waals surface area contributed by atoms with E-state index in [0.717, 1.165) is 48.4 Å². The summed E-state index contributed by atoms with van der Waals surface area (Å²) in [6.07, 6.45) is 4.23. The molecule has 2 fully saturated rings. The maximum atomic E-state index is 14.8. The Morgan fingerprint density at radius 3 is 2.39 bits per heavy atom. The van der Waals surface area contributed by atoms with Crippen LogP contribution in [0.25, 0.3) is 6.08 Å². The number of barbiturate groups is 1. The van der Waals surface area contributed by atoms with Crippen LogP contribution < -0.4 is 15.1 Å². The number of halogens is 1. The van der Waals surface area contributed by atoms with E-state index in [4.69, 9.17) is 0 Å². The second kappa shape index (κ2) is 8.34. The predicted molar refractivity (Wildman–Crippen MR) is 117 cm³/mol. The maximum absolute atomic E-state index is 14.8. The van der Waals surface area contributed by atoms with Crippen molar-refractivity contribution in [3.05, 3.63) is 64.5 Å². The van der Waals surface area contributed by atoms with Gasteiger partial charge in [-0.25, -0.2) is 14.1 Å². The van der Waals surface area contributed by atoms with E-state index in [9.17, 15) is 18.8 Å². The molecule has 0 spiro atoms. The van der Waals surface area contributed by atoms with Gasteiger partial charge in [0.05, 0.1) is 11.4 Å². The number of amides is 4. The third-order valence-corrected chi connectivity index (χ3v) is 5.79. The molecule has 0 unspecified atom stereocenters. The first kappa shape index (κ1) is 20.8. The molecule has 7 heteroatoms. The van der Waals surface area contributed by atoms with E-state index in [1.807, 2.05) is 30.9 Å². The number of hydrogen-bond acceptors (Lipinski definition) is 4. The van der Waals surface area contributed by atoms with Gasteiger partial charge < -0.3 is 4.90 Å². The average molecular weight is 421 g/mol. The molecule has 0 aliphatic carbocycles. The number of nitrogens with one attached hydrogen (secondary N) is 1. The summed E-state index contributed by atoms with van der Waals surface area (Å²) in [4.78, 5) is 40.8. The minimum atomic E-state index is -0.802. The molecule has 4 rings (SSSR count). The Hall–Kier alpha value is -3.48. The third-order valence-electron chi connectivity index (χ3n) is 5.79. The number of carbonyl (C=O) groups excluding carboxylic acids is 3. The van der Waals surface area contributed by atoms with Gasteiger partial charge in [0.1, 0.15) is 11.4 Å². The van der Waals surface area contributed by atoms with E-state index in [2.05, 4.69) is 5.32 Å². The van der Waals surface area contributed by atoms with Crippen molar-refractivity contribution in [2.24, 2.45) is 0 Å². The van der Waals surface area contributed by atoms with Crippen LogP contribution in [0.3, 0.4) is 0 Å². The van der Waals surface area contributed by atoms with Crippen molar-refractivity contribution in [3.63, 3.8) is 0 Å². The smallest absolute Gasteiger partial charge is 0.335 e. The molecule has 0 radical (unpaired) electrons. The van der Waals surface area contributed by atoms with Gasteiger partial charge in [0.15, 0.2) is 0 Å². The molecule has 2 heterocycles. The minimum Gasteiger partial charge on any atom is -0.369 e. The Morgan fingerprint density at radius 1 is 1.06 bits per heavy atom. The third kappa shape index (κ3) is 3.95. The predicted octanol–water partition coefficient (Wildman–Crippen LogP) is 3.96. The Labute approximate surface area is 180 Å². The molecule has 0 saturated carbocycles. The van der Waals surface area contributed by atoms with Gasteiger partial charge in [-0.05, 0) is 73.2 Å². The first-order valence-corrected chi connectivity index (χ1v) is 10.4. The maximum Gasteiger partial charge on any atom is 0.335 e. The molecule has 0 aromatic heterocycles. The zero-order valence-corrected chi connectivity index (χ0v) is 17.6. The number of rotatable bonds is 4. The van der Waals surface area contributed by atoms with Gasteiger partial charge in [0.25, 0.3) is 11.8 Å². The zero-order chi connectivity index (χ0) is 22.1. The molecule has 4 amide bonds. The van der Waals surface area contributed by atoms with E-state index in [-0.39, 0.29) is 5.57 Å². The fraction of sp³-hybridized carbons (Fsp3) is 0.292. The van der Waals surface area contributed by atoms with Crippen LogP contribution in [0.5, 0.6) is 0 Å². The molecule has 0 bridgehead atoms. The van der Waals surface area contributed by atoms with Crippen LogP contribution in [0, 0.1) is 12.7 Å². The Kier molecular flexibility index (Phi) is 5.59. The van der Waals surface area contributed by atoms with Crippen LogP contribution in [0.4, 0.5) is 20.6 Å². The highest BCUT2D eigenvalue weighted by atomic mass is 19.1. The number of benzene rings is 2. The van der Waals surface area contributed by atoms with Crippen molar-refractivity contribution in [3.8, 4) is 0 Å². The summed E-state index contributed by atoms with van der Waals surface area (Å²) in [5.41, 5.74) is 2.91. The minimum absolute atomic E-state index is 0.212. The van der Waals surface area contributed by atoms with E-state index in [1.54, 1.807) is 18.2 Å². The van der Waals surface area contributed by atoms with Crippen molar-refractivity contribution in [2.45, 2.75) is 33.1 Å². The first-order chi connectivity index (χ1) is 14.9. The van der Waals surface area contributed by atoms with Crippen LogP contribution in [0.2, 0.25) is 0 Å². The van der Waals surface area contributed by atoms with Gasteiger partial charge in [0.2, 0.25) is 0 Å². The van der Waals surface area contributed by atoms with Crippen molar-refractivity contribution in [1.82, 2.24) is 5.32 Å². The van der Waals surface area contributed by atoms with Crippen molar-refractivity contribution in [1.29, 1.82) is 0 Å². The van der Waals surface area contributed by atoms with Gasteiger partial charge in [-0.15, -0.1) is 0 Å². The lowest BCUT2D eigenvalue weighted by molar-refractivity contribution is -0.122. The monoisotopic (exact) mass is 421 g/mol. The standard InChI is InChI=1S/C24H24FN3O3/c1-3-16-6-8-18(9-7-16)28-23(30)19(22(29)26-24(28)31)13-17-14-20(25)21(12-15(17)2)27-10-4-5-11-27/h6-9,12-14H,3-5,10-11H2,1-2H3,(H,26,29,31). The molecule has 6 nitrogen and oxygen atoms in total. The van der Waals surface area contributed by atoms with E-state index < -0.39 is 23.7 Å². The van der Waals surface area contributed by atoms with Crippen LogP contribution >= 0.6 is 0 Å². The first-order valence-electron chi connectivity index (χ1n) is 10.4. The number of anilines is 2. The second-order valence-electron chi connectivity index (χ2n) is 7.83. The second-order valence-corrected chi connectivity index (χ2v) is 7.83. The number of imide groups is 2. The average Bonchev–Trinajstić information content (AvgIpc) is 3.28. The summed E-state index contributed by atoms with van der Waals surface area (Å²) >= 11 is 0. The van der Waals surface area contributed by atoms with Gasteiger partial charge in [0, 0.05) is 13.1 Å². The summed E-state index contributed by atoms with van der Waals surface area (Å²) in [6.45, 7) is 5.43. The molecule has 2 aliphatic rings.